The molecule has 0 aliphatic heterocycles. The molecular formula is C14H14ClN3O2. The Morgan fingerprint density at radius 1 is 1.35 bits per heavy atom. The average Bonchev–Trinajstić information content (AvgIpc) is 2.46. The van der Waals surface area contributed by atoms with Crippen molar-refractivity contribution in [1.82, 2.24) is 9.97 Å². The van der Waals surface area contributed by atoms with E-state index in [1.165, 1.54) is 12.3 Å². The molecule has 0 aliphatic rings. The number of carbonyl (C=O) groups is 1. The first-order valence-corrected chi connectivity index (χ1v) is 6.55. The fraction of sp³-hybridized carbons (Fsp3) is 0.214. The van der Waals surface area contributed by atoms with Crippen LogP contribution < -0.4 is 5.32 Å². The molecule has 104 valence electrons. The number of aromatic nitrogens is 2. The Kier molecular flexibility index (Phi) is 4.53. The van der Waals surface area contributed by atoms with Crippen molar-refractivity contribution in [2.75, 3.05) is 5.32 Å². The lowest BCUT2D eigenvalue weighted by Gasteiger charge is -2.10. The summed E-state index contributed by atoms with van der Waals surface area (Å²) in [6.07, 6.45) is 4.01. The van der Waals surface area contributed by atoms with Crippen LogP contribution in [0.3, 0.4) is 0 Å². The van der Waals surface area contributed by atoms with Crippen LogP contribution in [0.1, 0.15) is 28.5 Å². The van der Waals surface area contributed by atoms with Crippen LogP contribution in [-0.4, -0.2) is 21.0 Å². The van der Waals surface area contributed by atoms with Gasteiger partial charge in [0, 0.05) is 12.4 Å². The predicted molar refractivity (Wildman–Crippen MR) is 77.1 cm³/mol. The Balaban J connectivity index is 2.19. The van der Waals surface area contributed by atoms with Gasteiger partial charge < -0.3 is 10.4 Å². The Labute approximate surface area is 121 Å². The van der Waals surface area contributed by atoms with E-state index in [0.29, 0.717) is 12.4 Å². The minimum atomic E-state index is -1.08. The van der Waals surface area contributed by atoms with Crippen LogP contribution >= 0.6 is 11.6 Å². The molecule has 0 saturated heterocycles. The van der Waals surface area contributed by atoms with Gasteiger partial charge in [-0.1, -0.05) is 24.6 Å². The second-order valence-corrected chi connectivity index (χ2v) is 4.52. The molecule has 2 rings (SSSR count). The van der Waals surface area contributed by atoms with Gasteiger partial charge in [-0.2, -0.15) is 0 Å². The minimum Gasteiger partial charge on any atom is -0.478 e. The third kappa shape index (κ3) is 3.05. The summed E-state index contributed by atoms with van der Waals surface area (Å²) in [6.45, 7) is 2.50. The van der Waals surface area contributed by atoms with E-state index in [-0.39, 0.29) is 10.6 Å². The molecule has 0 amide bonds. The van der Waals surface area contributed by atoms with Gasteiger partial charge in [0.2, 0.25) is 0 Å². The molecule has 2 aromatic heterocycles. The second-order valence-electron chi connectivity index (χ2n) is 4.14. The van der Waals surface area contributed by atoms with Crippen molar-refractivity contribution < 1.29 is 9.90 Å². The second kappa shape index (κ2) is 6.34. The number of pyridine rings is 2. The number of aromatic carboxylic acids is 1. The topological polar surface area (TPSA) is 75.1 Å². The summed E-state index contributed by atoms with van der Waals surface area (Å²) >= 11 is 6.02. The van der Waals surface area contributed by atoms with Crippen molar-refractivity contribution >= 4 is 23.4 Å². The molecule has 2 heterocycles. The van der Waals surface area contributed by atoms with Crippen molar-refractivity contribution in [2.24, 2.45) is 0 Å². The van der Waals surface area contributed by atoms with Crippen molar-refractivity contribution in [3.8, 4) is 0 Å². The number of nitrogens with zero attached hydrogens (tertiary/aromatic N) is 2. The van der Waals surface area contributed by atoms with Gasteiger partial charge in [0.05, 0.1) is 22.8 Å². The monoisotopic (exact) mass is 291 g/mol. The summed E-state index contributed by atoms with van der Waals surface area (Å²) in [7, 11) is 0. The number of carboxylic acid groups (broad SMARTS) is 1. The molecule has 0 aromatic carbocycles. The van der Waals surface area contributed by atoms with Gasteiger partial charge in [0.15, 0.2) is 0 Å². The van der Waals surface area contributed by atoms with Gasteiger partial charge in [-0.15, -0.1) is 0 Å². The highest BCUT2D eigenvalue weighted by Gasteiger charge is 2.13. The number of anilines is 1. The first-order chi connectivity index (χ1) is 9.63. The maximum absolute atomic E-state index is 11.0. The lowest BCUT2D eigenvalue weighted by molar-refractivity contribution is 0.0697. The van der Waals surface area contributed by atoms with Crippen LogP contribution in [0.2, 0.25) is 5.02 Å². The number of halogens is 1. The lowest BCUT2D eigenvalue weighted by Crippen LogP contribution is -2.08. The smallest absolute Gasteiger partial charge is 0.337 e. The minimum absolute atomic E-state index is 0.0286. The van der Waals surface area contributed by atoms with Gasteiger partial charge in [-0.25, -0.2) is 9.78 Å². The third-order valence-electron chi connectivity index (χ3n) is 2.91. The zero-order valence-electron chi connectivity index (χ0n) is 10.9. The normalized spacial score (nSPS) is 10.3. The fourth-order valence-electron chi connectivity index (χ4n) is 1.85. The summed E-state index contributed by atoms with van der Waals surface area (Å²) in [4.78, 5) is 19.4. The molecular weight excluding hydrogens is 278 g/mol. The third-order valence-corrected chi connectivity index (χ3v) is 3.29. The summed E-state index contributed by atoms with van der Waals surface area (Å²) < 4.78 is 0. The van der Waals surface area contributed by atoms with Crippen LogP contribution in [0.5, 0.6) is 0 Å². The summed E-state index contributed by atoms with van der Waals surface area (Å²) in [5, 5.41) is 12.1. The highest BCUT2D eigenvalue weighted by Crippen LogP contribution is 2.24. The Bertz CT molecular complexity index is 632. The number of aryl methyl sites for hydroxylation is 1. The summed E-state index contributed by atoms with van der Waals surface area (Å²) in [6, 6.07) is 5.26. The van der Waals surface area contributed by atoms with E-state index in [4.69, 9.17) is 16.7 Å². The van der Waals surface area contributed by atoms with Crippen LogP contribution in [0.15, 0.2) is 30.6 Å². The maximum atomic E-state index is 11.0. The molecule has 0 saturated carbocycles. The van der Waals surface area contributed by atoms with Crippen molar-refractivity contribution in [3.63, 3.8) is 0 Å². The molecule has 2 aromatic rings. The molecule has 0 unspecified atom stereocenters. The lowest BCUT2D eigenvalue weighted by atomic mass is 10.1. The first-order valence-electron chi connectivity index (χ1n) is 6.18. The molecule has 20 heavy (non-hydrogen) atoms. The van der Waals surface area contributed by atoms with Crippen LogP contribution in [-0.2, 0) is 13.0 Å². The van der Waals surface area contributed by atoms with Crippen molar-refractivity contribution in [2.45, 2.75) is 19.9 Å². The molecule has 6 heteroatoms. The van der Waals surface area contributed by atoms with E-state index in [9.17, 15) is 4.79 Å². The number of hydrogen-bond acceptors (Lipinski definition) is 4. The quantitative estimate of drug-likeness (QED) is 0.886. The highest BCUT2D eigenvalue weighted by atomic mass is 35.5. The molecule has 0 spiro atoms. The van der Waals surface area contributed by atoms with E-state index < -0.39 is 5.97 Å². The van der Waals surface area contributed by atoms with Crippen LogP contribution in [0.4, 0.5) is 5.82 Å². The summed E-state index contributed by atoms with van der Waals surface area (Å²) in [5.41, 5.74) is 2.06. The largest absolute Gasteiger partial charge is 0.478 e. The molecule has 0 aliphatic carbocycles. The average molecular weight is 292 g/mol. The molecule has 0 atom stereocenters. The number of rotatable bonds is 5. The van der Waals surface area contributed by atoms with Gasteiger partial charge >= 0.3 is 5.97 Å². The van der Waals surface area contributed by atoms with Gasteiger partial charge in [-0.05, 0) is 24.1 Å². The predicted octanol–water partition coefficient (Wildman–Crippen LogP) is 3.00. The van der Waals surface area contributed by atoms with E-state index in [0.717, 1.165) is 17.7 Å². The Hall–Kier alpha value is -2.14. The zero-order valence-corrected chi connectivity index (χ0v) is 11.7. The van der Waals surface area contributed by atoms with E-state index in [1.807, 2.05) is 12.1 Å². The van der Waals surface area contributed by atoms with Gasteiger partial charge in [0.1, 0.15) is 5.82 Å². The van der Waals surface area contributed by atoms with Crippen molar-refractivity contribution in [3.05, 3.63) is 52.4 Å². The van der Waals surface area contributed by atoms with E-state index in [1.54, 1.807) is 6.20 Å². The standard InChI is InChI=1S/C14H14ClN3O2/c1-2-9-4-3-6-16-11(9)8-18-13-12(15)10(14(19)20)5-7-17-13/h3-7H,2,8H2,1H3,(H,17,18)(H,19,20). The van der Waals surface area contributed by atoms with E-state index in [2.05, 4.69) is 22.2 Å². The van der Waals surface area contributed by atoms with Gasteiger partial charge in [-0.3, -0.25) is 4.98 Å². The van der Waals surface area contributed by atoms with Crippen LogP contribution in [0.25, 0.3) is 0 Å². The fourth-order valence-corrected chi connectivity index (χ4v) is 2.11. The molecule has 0 bridgehead atoms. The molecule has 5 nitrogen and oxygen atoms in total. The summed E-state index contributed by atoms with van der Waals surface area (Å²) in [5.74, 6) is -0.730. The molecule has 0 radical (unpaired) electrons. The van der Waals surface area contributed by atoms with Crippen molar-refractivity contribution in [1.29, 1.82) is 0 Å². The first kappa shape index (κ1) is 14.3. The molecule has 2 N–H and O–H groups in total. The number of carboxylic acids is 1. The molecule has 0 fully saturated rings. The number of hydrogen-bond donors (Lipinski definition) is 2. The Morgan fingerprint density at radius 3 is 2.85 bits per heavy atom. The SMILES string of the molecule is CCc1cccnc1CNc1nccc(C(=O)O)c1Cl. The van der Waals surface area contributed by atoms with Gasteiger partial charge in [0.25, 0.3) is 0 Å². The number of nitrogens with one attached hydrogen (secondary N) is 1. The zero-order chi connectivity index (χ0) is 14.5. The maximum Gasteiger partial charge on any atom is 0.337 e. The Morgan fingerprint density at radius 2 is 2.15 bits per heavy atom. The van der Waals surface area contributed by atoms with Crippen LogP contribution in [0, 0.1) is 0 Å². The highest BCUT2D eigenvalue weighted by molar-refractivity contribution is 6.35. The van der Waals surface area contributed by atoms with E-state index >= 15 is 0 Å².